The third-order valence-corrected chi connectivity index (χ3v) is 6.81. The van der Waals surface area contributed by atoms with Gasteiger partial charge in [-0.25, -0.2) is 0 Å². The Labute approximate surface area is 191 Å². The van der Waals surface area contributed by atoms with Crippen molar-refractivity contribution in [3.8, 4) is 0 Å². The third-order valence-electron chi connectivity index (χ3n) is 5.99. The number of carbonyl (C=O) groups excluding carboxylic acids is 1. The Morgan fingerprint density at radius 1 is 1.20 bits per heavy atom. The van der Waals surface area contributed by atoms with Crippen LogP contribution in [-0.2, 0) is 4.79 Å². The second-order valence-electron chi connectivity index (χ2n) is 8.04. The van der Waals surface area contributed by atoms with Crippen LogP contribution >= 0.6 is 34.8 Å². The van der Waals surface area contributed by atoms with E-state index >= 15 is 0 Å². The predicted molar refractivity (Wildman–Crippen MR) is 122 cm³/mol. The number of nitrogens with one attached hydrogen (secondary N) is 1. The Balaban J connectivity index is 1.58. The second-order valence-corrected chi connectivity index (χ2v) is 9.32. The molecule has 8 heteroatoms. The van der Waals surface area contributed by atoms with Crippen LogP contribution in [0.3, 0.4) is 0 Å². The van der Waals surface area contributed by atoms with Crippen LogP contribution in [0.2, 0.25) is 10.0 Å². The maximum absolute atomic E-state index is 13.0. The molecule has 2 aliphatic carbocycles. The normalized spacial score (nSPS) is 28.9. The minimum atomic E-state index is -0.504. The highest BCUT2D eigenvalue weighted by molar-refractivity contribution is 6.40. The molecule has 0 radical (unpaired) electrons. The standard InChI is InChI=1S/C22H24Cl3N3O2/c23-14-7-5-13(6-8-14)20-12-18(22(30)26-17-3-1-2-4-21(17)29)27-28(20)19-10-9-15(24)11-16(19)25/h5,7-11,13,17,20-21,29H,1-4,6,12H2,(H,26,30)/t13?,17-,20?,21-/m0/s1. The third kappa shape index (κ3) is 4.70. The smallest absolute Gasteiger partial charge is 0.267 e. The Hall–Kier alpha value is -1.53. The molecule has 1 aromatic rings. The summed E-state index contributed by atoms with van der Waals surface area (Å²) in [5.74, 6) is -0.0968. The molecular weight excluding hydrogens is 445 g/mol. The number of benzene rings is 1. The number of halogens is 3. The van der Waals surface area contributed by atoms with Crippen LogP contribution in [0.1, 0.15) is 38.5 Å². The molecule has 1 heterocycles. The van der Waals surface area contributed by atoms with E-state index in [0.29, 0.717) is 39.3 Å². The molecule has 4 atom stereocenters. The zero-order valence-corrected chi connectivity index (χ0v) is 18.7. The molecule has 3 aliphatic rings. The van der Waals surface area contributed by atoms with Crippen LogP contribution in [0.25, 0.3) is 0 Å². The van der Waals surface area contributed by atoms with Crippen molar-refractivity contribution in [2.45, 2.75) is 56.7 Å². The van der Waals surface area contributed by atoms with E-state index in [-0.39, 0.29) is 23.9 Å². The van der Waals surface area contributed by atoms with Crippen molar-refractivity contribution in [2.75, 3.05) is 5.01 Å². The van der Waals surface area contributed by atoms with Crippen LogP contribution in [-0.4, -0.2) is 34.9 Å². The molecule has 5 nitrogen and oxygen atoms in total. The number of allylic oxidation sites excluding steroid dienone is 3. The minimum absolute atomic E-state index is 0.0713. The molecule has 1 amide bonds. The predicted octanol–water partition coefficient (Wildman–Crippen LogP) is 5.05. The molecule has 4 rings (SSSR count). The van der Waals surface area contributed by atoms with Crippen molar-refractivity contribution in [3.05, 3.63) is 51.5 Å². The summed E-state index contributed by atoms with van der Waals surface area (Å²) in [5.41, 5.74) is 1.15. The Morgan fingerprint density at radius 3 is 2.70 bits per heavy atom. The van der Waals surface area contributed by atoms with Gasteiger partial charge in [0.05, 0.1) is 28.9 Å². The molecule has 1 fully saturated rings. The number of nitrogens with zero attached hydrogens (tertiary/aromatic N) is 2. The van der Waals surface area contributed by atoms with E-state index in [4.69, 9.17) is 34.8 Å². The highest BCUT2D eigenvalue weighted by Gasteiger charge is 2.37. The molecule has 1 aromatic carbocycles. The number of rotatable bonds is 4. The molecule has 160 valence electrons. The first kappa shape index (κ1) is 21.7. The number of aliphatic hydroxyl groups excluding tert-OH is 1. The van der Waals surface area contributed by atoms with Gasteiger partial charge in [0.15, 0.2) is 0 Å². The number of carbonyl (C=O) groups is 1. The van der Waals surface area contributed by atoms with Gasteiger partial charge in [-0.05, 0) is 43.5 Å². The first-order valence-corrected chi connectivity index (χ1v) is 11.4. The summed E-state index contributed by atoms with van der Waals surface area (Å²) < 4.78 is 0. The molecule has 30 heavy (non-hydrogen) atoms. The van der Waals surface area contributed by atoms with Gasteiger partial charge >= 0.3 is 0 Å². The molecule has 1 saturated carbocycles. The maximum atomic E-state index is 13.0. The van der Waals surface area contributed by atoms with Gasteiger partial charge in [0.2, 0.25) is 0 Å². The lowest BCUT2D eigenvalue weighted by molar-refractivity contribution is -0.116. The van der Waals surface area contributed by atoms with E-state index in [1.807, 2.05) is 23.2 Å². The molecule has 0 saturated heterocycles. The van der Waals surface area contributed by atoms with E-state index in [1.54, 1.807) is 12.1 Å². The van der Waals surface area contributed by atoms with Crippen LogP contribution in [0.15, 0.2) is 46.6 Å². The number of hydrogen-bond acceptors (Lipinski definition) is 4. The van der Waals surface area contributed by atoms with Crippen molar-refractivity contribution in [1.82, 2.24) is 5.32 Å². The largest absolute Gasteiger partial charge is 0.391 e. The lowest BCUT2D eigenvalue weighted by Crippen LogP contribution is -2.47. The van der Waals surface area contributed by atoms with Crippen molar-refractivity contribution < 1.29 is 9.90 Å². The van der Waals surface area contributed by atoms with E-state index in [1.165, 1.54) is 0 Å². The Bertz CT molecular complexity index is 915. The summed E-state index contributed by atoms with van der Waals surface area (Å²) in [6.07, 6.45) is 10.1. The monoisotopic (exact) mass is 467 g/mol. The van der Waals surface area contributed by atoms with Crippen molar-refractivity contribution in [2.24, 2.45) is 11.0 Å². The zero-order valence-electron chi connectivity index (χ0n) is 16.4. The highest BCUT2D eigenvalue weighted by atomic mass is 35.5. The molecule has 1 aliphatic heterocycles. The van der Waals surface area contributed by atoms with Gasteiger partial charge in [0, 0.05) is 22.4 Å². The van der Waals surface area contributed by atoms with Crippen molar-refractivity contribution in [1.29, 1.82) is 0 Å². The van der Waals surface area contributed by atoms with Gasteiger partial charge in [-0.1, -0.05) is 59.8 Å². The van der Waals surface area contributed by atoms with Gasteiger partial charge in [0.1, 0.15) is 5.71 Å². The first-order valence-electron chi connectivity index (χ1n) is 10.3. The molecule has 2 unspecified atom stereocenters. The maximum Gasteiger partial charge on any atom is 0.267 e. The lowest BCUT2D eigenvalue weighted by Gasteiger charge is -2.30. The summed E-state index contributed by atoms with van der Waals surface area (Å²) in [6, 6.07) is 4.96. The van der Waals surface area contributed by atoms with E-state index < -0.39 is 6.10 Å². The quantitative estimate of drug-likeness (QED) is 0.650. The van der Waals surface area contributed by atoms with E-state index in [2.05, 4.69) is 16.5 Å². The van der Waals surface area contributed by atoms with Gasteiger partial charge in [-0.2, -0.15) is 5.10 Å². The van der Waals surface area contributed by atoms with Gasteiger partial charge in [0.25, 0.3) is 5.91 Å². The lowest BCUT2D eigenvalue weighted by atomic mass is 9.89. The number of hydrogen-bond donors (Lipinski definition) is 2. The van der Waals surface area contributed by atoms with Crippen LogP contribution in [0, 0.1) is 5.92 Å². The average Bonchev–Trinajstić information content (AvgIpc) is 3.15. The molecule has 0 bridgehead atoms. The summed E-state index contributed by atoms with van der Waals surface area (Å²) >= 11 is 18.6. The zero-order chi connectivity index (χ0) is 21.3. The second kappa shape index (κ2) is 9.31. The fourth-order valence-electron chi connectivity index (χ4n) is 4.33. The number of amides is 1. The summed E-state index contributed by atoms with van der Waals surface area (Å²) in [7, 11) is 0. The van der Waals surface area contributed by atoms with E-state index in [0.717, 1.165) is 25.7 Å². The fraction of sp³-hybridized carbons (Fsp3) is 0.455. The van der Waals surface area contributed by atoms with Crippen LogP contribution in [0.4, 0.5) is 5.69 Å². The number of aliphatic hydroxyl groups is 1. The molecule has 0 spiro atoms. The molecule has 2 N–H and O–H groups in total. The van der Waals surface area contributed by atoms with E-state index in [9.17, 15) is 9.90 Å². The minimum Gasteiger partial charge on any atom is -0.391 e. The number of hydrazone groups is 1. The topological polar surface area (TPSA) is 64.9 Å². The molecule has 0 aromatic heterocycles. The first-order chi connectivity index (χ1) is 14.4. The van der Waals surface area contributed by atoms with Crippen LogP contribution in [0.5, 0.6) is 0 Å². The average molecular weight is 469 g/mol. The van der Waals surface area contributed by atoms with Gasteiger partial charge < -0.3 is 10.4 Å². The Morgan fingerprint density at radius 2 is 2.00 bits per heavy atom. The van der Waals surface area contributed by atoms with Crippen molar-refractivity contribution in [3.63, 3.8) is 0 Å². The molecular formula is C22H24Cl3N3O2. The Kier molecular flexibility index (Phi) is 6.73. The summed E-state index contributed by atoms with van der Waals surface area (Å²) in [4.78, 5) is 13.0. The summed E-state index contributed by atoms with van der Waals surface area (Å²) in [5, 5.41) is 21.4. The number of anilines is 1. The SMILES string of the molecule is O=C(N[C@H]1CCCC[C@@H]1O)C1=NN(c2ccc(Cl)cc2Cl)C(C2C=CC(Cl)=CC2)C1. The van der Waals surface area contributed by atoms with Crippen molar-refractivity contribution >= 4 is 52.1 Å². The van der Waals surface area contributed by atoms with Gasteiger partial charge in [-0.15, -0.1) is 0 Å². The van der Waals surface area contributed by atoms with Gasteiger partial charge in [-0.3, -0.25) is 9.80 Å². The summed E-state index contributed by atoms with van der Waals surface area (Å²) in [6.45, 7) is 0. The van der Waals surface area contributed by atoms with Crippen LogP contribution < -0.4 is 10.3 Å². The fourth-order valence-corrected chi connectivity index (χ4v) is 4.98. The highest BCUT2D eigenvalue weighted by Crippen LogP contribution is 2.38.